The maximum absolute atomic E-state index is 12.1. The van der Waals surface area contributed by atoms with E-state index in [2.05, 4.69) is 21.5 Å². The van der Waals surface area contributed by atoms with Crippen LogP contribution >= 0.6 is 11.8 Å². The molecule has 0 bridgehead atoms. The number of nitrogens with zero attached hydrogens (tertiary/aromatic N) is 3. The maximum Gasteiger partial charge on any atom is 0.331 e. The highest BCUT2D eigenvalue weighted by Gasteiger charge is 2.33. The number of hydrogen-bond donors (Lipinski definition) is 0. The summed E-state index contributed by atoms with van der Waals surface area (Å²) >= 11 is 1.09. The Bertz CT molecular complexity index is 495. The largest absolute Gasteiger partial charge is 0.466 e. The number of amides is 1. The molecular formula is C13H17N3O3S. The average Bonchev–Trinajstić information content (AvgIpc) is 2.67. The Morgan fingerprint density at radius 2 is 2.25 bits per heavy atom. The molecule has 1 heterocycles. The van der Waals surface area contributed by atoms with E-state index in [4.69, 9.17) is 0 Å². The van der Waals surface area contributed by atoms with E-state index in [0.29, 0.717) is 11.7 Å². The van der Waals surface area contributed by atoms with Crippen LogP contribution in [-0.4, -0.2) is 41.8 Å². The van der Waals surface area contributed by atoms with Gasteiger partial charge in [-0.05, 0) is 17.7 Å². The highest BCUT2D eigenvalue weighted by molar-refractivity contribution is 8.18. The predicted octanol–water partition coefficient (Wildman–Crippen LogP) is 1.80. The Labute approximate surface area is 122 Å². The minimum atomic E-state index is -0.577. The maximum atomic E-state index is 12.1. The second-order valence-corrected chi connectivity index (χ2v) is 5.24. The normalized spacial score (nSPS) is 19.6. The van der Waals surface area contributed by atoms with Gasteiger partial charge in [0, 0.05) is 18.8 Å². The third kappa shape index (κ3) is 4.34. The second-order valence-electron chi connectivity index (χ2n) is 4.23. The van der Waals surface area contributed by atoms with Gasteiger partial charge in [0.2, 0.25) is 0 Å². The second kappa shape index (κ2) is 7.64. The fourth-order valence-electron chi connectivity index (χ4n) is 1.25. The summed E-state index contributed by atoms with van der Waals surface area (Å²) in [4.78, 5) is 25.0. The monoisotopic (exact) mass is 295 g/mol. The molecule has 20 heavy (non-hydrogen) atoms. The first-order valence-corrected chi connectivity index (χ1v) is 6.82. The summed E-state index contributed by atoms with van der Waals surface area (Å²) in [6, 6.07) is 0. The molecule has 6 nitrogen and oxygen atoms in total. The van der Waals surface area contributed by atoms with Crippen LogP contribution in [0.3, 0.4) is 0 Å². The lowest BCUT2D eigenvalue weighted by molar-refractivity contribution is -0.135. The number of thioether (sulfide) groups is 1. The topological polar surface area (TPSA) is 71.3 Å². The van der Waals surface area contributed by atoms with Crippen molar-refractivity contribution >= 4 is 35.0 Å². The first kappa shape index (κ1) is 16.2. The highest BCUT2D eigenvalue weighted by atomic mass is 32.2. The third-order valence-corrected chi connectivity index (χ3v) is 3.15. The molecule has 0 aromatic rings. The molecule has 0 aliphatic carbocycles. The van der Waals surface area contributed by atoms with Crippen LogP contribution in [0.25, 0.3) is 0 Å². The molecule has 0 unspecified atom stereocenters. The summed E-state index contributed by atoms with van der Waals surface area (Å²) in [6.07, 6.45) is 4.41. The molecule has 1 amide bonds. The van der Waals surface area contributed by atoms with Gasteiger partial charge in [0.15, 0.2) is 5.17 Å². The number of esters is 1. The van der Waals surface area contributed by atoms with Crippen LogP contribution < -0.4 is 0 Å². The summed E-state index contributed by atoms with van der Waals surface area (Å²) in [5.41, 5.74) is 0. The lowest BCUT2D eigenvalue weighted by atomic mass is 10.3. The molecular weight excluding hydrogens is 278 g/mol. The molecule has 1 aliphatic rings. The number of carbonyl (C=O) groups excluding carboxylic acids is 2. The first-order chi connectivity index (χ1) is 9.49. The van der Waals surface area contributed by atoms with Crippen LogP contribution in [-0.2, 0) is 14.3 Å². The molecule has 0 aromatic heterocycles. The minimum absolute atomic E-state index is 0.261. The SMILES string of the molecule is C=CCN1C(=O)/C(=C/C(=O)OC)S/C1=N\N=C\C(C)C. The van der Waals surface area contributed by atoms with Crippen LogP contribution in [0.15, 0.2) is 33.8 Å². The van der Waals surface area contributed by atoms with Crippen LogP contribution in [0.5, 0.6) is 0 Å². The zero-order valence-corrected chi connectivity index (χ0v) is 12.5. The van der Waals surface area contributed by atoms with Crippen molar-refractivity contribution in [3.63, 3.8) is 0 Å². The van der Waals surface area contributed by atoms with E-state index < -0.39 is 5.97 Å². The van der Waals surface area contributed by atoms with E-state index in [0.717, 1.165) is 17.8 Å². The fraction of sp³-hybridized carbons (Fsp3) is 0.385. The van der Waals surface area contributed by atoms with Crippen molar-refractivity contribution in [2.75, 3.05) is 13.7 Å². The van der Waals surface area contributed by atoms with E-state index in [1.54, 1.807) is 12.3 Å². The van der Waals surface area contributed by atoms with Crippen LogP contribution in [0.2, 0.25) is 0 Å². The molecule has 108 valence electrons. The highest BCUT2D eigenvalue weighted by Crippen LogP contribution is 2.30. The fourth-order valence-corrected chi connectivity index (χ4v) is 2.16. The van der Waals surface area contributed by atoms with Gasteiger partial charge in [0.05, 0.1) is 12.0 Å². The molecule has 1 fully saturated rings. The molecule has 0 spiro atoms. The molecule has 1 saturated heterocycles. The van der Waals surface area contributed by atoms with Gasteiger partial charge in [-0.25, -0.2) is 4.79 Å². The van der Waals surface area contributed by atoms with Crippen molar-refractivity contribution in [1.29, 1.82) is 0 Å². The molecule has 0 radical (unpaired) electrons. The van der Waals surface area contributed by atoms with E-state index in [-0.39, 0.29) is 16.7 Å². The standard InChI is InChI=1S/C13H17N3O3S/c1-5-6-16-12(18)10(7-11(17)19-4)20-13(16)15-14-8-9(2)3/h5,7-9H,1,6H2,2-4H3/b10-7-,14-8+,15-13-. The Hall–Kier alpha value is -1.89. The van der Waals surface area contributed by atoms with Gasteiger partial charge in [0.1, 0.15) is 0 Å². The van der Waals surface area contributed by atoms with E-state index in [9.17, 15) is 9.59 Å². The molecule has 0 N–H and O–H groups in total. The van der Waals surface area contributed by atoms with Crippen LogP contribution in [0.1, 0.15) is 13.8 Å². The van der Waals surface area contributed by atoms with Gasteiger partial charge < -0.3 is 4.74 Å². The number of amidine groups is 1. The van der Waals surface area contributed by atoms with Crippen LogP contribution in [0, 0.1) is 5.92 Å². The first-order valence-electron chi connectivity index (χ1n) is 6.01. The Morgan fingerprint density at radius 3 is 2.80 bits per heavy atom. The summed E-state index contributed by atoms with van der Waals surface area (Å²) in [5.74, 6) is -0.621. The van der Waals surface area contributed by atoms with E-state index >= 15 is 0 Å². The molecule has 7 heteroatoms. The van der Waals surface area contributed by atoms with Gasteiger partial charge in [-0.15, -0.1) is 11.7 Å². The number of carbonyl (C=O) groups is 2. The molecule has 1 aliphatic heterocycles. The smallest absolute Gasteiger partial charge is 0.331 e. The molecule has 0 aromatic carbocycles. The predicted molar refractivity (Wildman–Crippen MR) is 80.4 cm³/mol. The lowest BCUT2D eigenvalue weighted by Crippen LogP contribution is -2.29. The number of methoxy groups -OCH3 is 1. The zero-order valence-electron chi connectivity index (χ0n) is 11.7. The quantitative estimate of drug-likeness (QED) is 0.255. The van der Waals surface area contributed by atoms with Gasteiger partial charge in [-0.2, -0.15) is 5.10 Å². The number of ether oxygens (including phenoxy) is 1. The van der Waals surface area contributed by atoms with Crippen molar-refractivity contribution in [2.45, 2.75) is 13.8 Å². The summed E-state index contributed by atoms with van der Waals surface area (Å²) in [6.45, 7) is 7.85. The van der Waals surface area contributed by atoms with Gasteiger partial charge in [-0.3, -0.25) is 9.69 Å². The molecule has 1 rings (SSSR count). The average molecular weight is 295 g/mol. The van der Waals surface area contributed by atoms with Gasteiger partial charge in [0.25, 0.3) is 5.91 Å². The summed E-state index contributed by atoms with van der Waals surface area (Å²) in [5, 5.41) is 8.35. The van der Waals surface area contributed by atoms with E-state index in [1.807, 2.05) is 13.8 Å². The minimum Gasteiger partial charge on any atom is -0.466 e. The van der Waals surface area contributed by atoms with Gasteiger partial charge in [-0.1, -0.05) is 19.9 Å². The number of rotatable bonds is 5. The van der Waals surface area contributed by atoms with Crippen LogP contribution in [0.4, 0.5) is 0 Å². The van der Waals surface area contributed by atoms with E-state index in [1.165, 1.54) is 12.0 Å². The van der Waals surface area contributed by atoms with Crippen molar-refractivity contribution < 1.29 is 14.3 Å². The van der Waals surface area contributed by atoms with Crippen molar-refractivity contribution in [2.24, 2.45) is 16.1 Å². The number of hydrogen-bond acceptors (Lipinski definition) is 6. The zero-order chi connectivity index (χ0) is 15.1. The summed E-state index contributed by atoms with van der Waals surface area (Å²) < 4.78 is 4.51. The Morgan fingerprint density at radius 1 is 1.55 bits per heavy atom. The molecule has 0 atom stereocenters. The van der Waals surface area contributed by atoms with Crippen molar-refractivity contribution in [3.05, 3.63) is 23.6 Å². The Kier molecular flexibility index (Phi) is 6.17. The lowest BCUT2D eigenvalue weighted by Gasteiger charge is -2.10. The third-order valence-electron chi connectivity index (χ3n) is 2.16. The van der Waals surface area contributed by atoms with Crippen molar-refractivity contribution in [1.82, 2.24) is 4.90 Å². The summed E-state index contributed by atoms with van der Waals surface area (Å²) in [7, 11) is 1.26. The van der Waals surface area contributed by atoms with Crippen molar-refractivity contribution in [3.8, 4) is 0 Å². The Balaban J connectivity index is 2.99. The molecule has 0 saturated carbocycles. The van der Waals surface area contributed by atoms with Gasteiger partial charge >= 0.3 is 5.97 Å².